The number of hydrogen-bond acceptors (Lipinski definition) is 1. The molecule has 1 aromatic heterocycles. The Morgan fingerprint density at radius 2 is 0.755 bits per heavy atom. The van der Waals surface area contributed by atoms with Crippen LogP contribution in [-0.4, -0.2) is 0 Å². The van der Waals surface area contributed by atoms with E-state index in [1.165, 1.54) is 108 Å². The van der Waals surface area contributed by atoms with Gasteiger partial charge in [0, 0.05) is 20.2 Å². The van der Waals surface area contributed by atoms with E-state index in [2.05, 4.69) is 194 Å². The van der Waals surface area contributed by atoms with E-state index in [1.54, 1.807) is 0 Å². The molecule has 0 aliphatic heterocycles. The van der Waals surface area contributed by atoms with Crippen molar-refractivity contribution in [1.82, 2.24) is 0 Å². The Balaban J connectivity index is 1.15. The Bertz CT molecular complexity index is 3180. The Morgan fingerprint density at radius 1 is 0.245 bits per heavy atom. The molecular weight excluding hydrogens is 657 g/mol. The van der Waals surface area contributed by atoms with Crippen molar-refractivity contribution < 1.29 is 0 Å². The minimum Gasteiger partial charge on any atom is -0.135 e. The highest BCUT2D eigenvalue weighted by molar-refractivity contribution is 7.25. The summed E-state index contributed by atoms with van der Waals surface area (Å²) in [4.78, 5) is 0. The van der Waals surface area contributed by atoms with Crippen LogP contribution in [0.3, 0.4) is 0 Å². The van der Waals surface area contributed by atoms with Crippen molar-refractivity contribution in [3.63, 3.8) is 0 Å². The molecule has 0 saturated carbocycles. The molecule has 0 aliphatic rings. The van der Waals surface area contributed by atoms with Gasteiger partial charge in [0.15, 0.2) is 0 Å². The van der Waals surface area contributed by atoms with Crippen LogP contribution in [0.25, 0.3) is 108 Å². The highest BCUT2D eigenvalue weighted by atomic mass is 32.1. The molecule has 246 valence electrons. The summed E-state index contributed by atoms with van der Waals surface area (Å²) in [6.07, 6.45) is 0. The van der Waals surface area contributed by atoms with Crippen LogP contribution < -0.4 is 0 Å². The fourth-order valence-corrected chi connectivity index (χ4v) is 9.73. The van der Waals surface area contributed by atoms with Crippen molar-refractivity contribution in [1.29, 1.82) is 0 Å². The largest absolute Gasteiger partial charge is 0.135 e. The van der Waals surface area contributed by atoms with Crippen LogP contribution in [-0.2, 0) is 0 Å². The lowest BCUT2D eigenvalue weighted by Crippen LogP contribution is -1.92. The lowest BCUT2D eigenvalue weighted by molar-refractivity contribution is 1.61. The summed E-state index contributed by atoms with van der Waals surface area (Å²) >= 11 is 1.87. The highest BCUT2D eigenvalue weighted by Crippen LogP contribution is 2.46. The molecule has 0 unspecified atom stereocenters. The summed E-state index contributed by atoms with van der Waals surface area (Å²) in [6.45, 7) is 0. The van der Waals surface area contributed by atoms with Crippen molar-refractivity contribution in [2.75, 3.05) is 0 Å². The minimum atomic E-state index is 1.21. The second-order valence-corrected chi connectivity index (χ2v) is 15.1. The molecule has 0 spiro atoms. The summed E-state index contributed by atoms with van der Waals surface area (Å²) in [5.41, 5.74) is 10.0. The standard InChI is InChI=1S/C52H32S/c1-2-14-35-30-38(25-24-33(35)12-1)52-45-21-7-5-19-43(45)51(44-20-6-8-22-46(44)52)37-16-11-15-36(31-37)41-28-26-34-13-3-4-17-40(34)50(41)39-27-29-49-47(32-39)42-18-9-10-23-48(42)53-49/h1-32H. The second kappa shape index (κ2) is 12.0. The number of thiophene rings is 1. The van der Waals surface area contributed by atoms with Crippen LogP contribution in [0.2, 0.25) is 0 Å². The van der Waals surface area contributed by atoms with Gasteiger partial charge in [-0.15, -0.1) is 11.3 Å². The van der Waals surface area contributed by atoms with Gasteiger partial charge in [0.05, 0.1) is 0 Å². The van der Waals surface area contributed by atoms with Crippen molar-refractivity contribution in [3.8, 4) is 44.5 Å². The Kier molecular flexibility index (Phi) is 6.83. The maximum atomic E-state index is 2.41. The molecule has 0 N–H and O–H groups in total. The Morgan fingerprint density at radius 3 is 1.49 bits per heavy atom. The number of rotatable bonds is 4. The maximum absolute atomic E-state index is 2.41. The van der Waals surface area contributed by atoms with E-state index in [0.29, 0.717) is 0 Å². The van der Waals surface area contributed by atoms with Gasteiger partial charge in [-0.05, 0) is 118 Å². The molecule has 0 atom stereocenters. The van der Waals surface area contributed by atoms with Crippen LogP contribution in [0.1, 0.15) is 0 Å². The third-order valence-corrected chi connectivity index (χ3v) is 12.2. The molecule has 0 bridgehead atoms. The summed E-state index contributed by atoms with van der Waals surface area (Å²) < 4.78 is 2.65. The zero-order valence-electron chi connectivity index (χ0n) is 28.9. The molecule has 0 nitrogen and oxygen atoms in total. The van der Waals surface area contributed by atoms with Crippen molar-refractivity contribution in [2.24, 2.45) is 0 Å². The number of fused-ring (bicyclic) bond motifs is 7. The number of benzene rings is 10. The Hall–Kier alpha value is -6.54. The van der Waals surface area contributed by atoms with Gasteiger partial charge in [0.1, 0.15) is 0 Å². The van der Waals surface area contributed by atoms with Crippen LogP contribution in [0.5, 0.6) is 0 Å². The zero-order valence-corrected chi connectivity index (χ0v) is 29.7. The molecule has 1 heterocycles. The maximum Gasteiger partial charge on any atom is 0.0355 e. The molecule has 0 fully saturated rings. The summed E-state index contributed by atoms with van der Waals surface area (Å²) in [7, 11) is 0. The first-order valence-corrected chi connectivity index (χ1v) is 19.1. The van der Waals surface area contributed by atoms with Gasteiger partial charge < -0.3 is 0 Å². The zero-order chi connectivity index (χ0) is 34.9. The van der Waals surface area contributed by atoms with E-state index >= 15 is 0 Å². The normalized spacial score (nSPS) is 11.8. The monoisotopic (exact) mass is 688 g/mol. The molecular formula is C52H32S. The van der Waals surface area contributed by atoms with Gasteiger partial charge in [-0.3, -0.25) is 0 Å². The number of hydrogen-bond donors (Lipinski definition) is 0. The molecule has 11 aromatic rings. The van der Waals surface area contributed by atoms with Gasteiger partial charge in [-0.1, -0.05) is 164 Å². The molecule has 53 heavy (non-hydrogen) atoms. The molecule has 0 amide bonds. The van der Waals surface area contributed by atoms with Gasteiger partial charge in [-0.2, -0.15) is 0 Å². The van der Waals surface area contributed by atoms with Gasteiger partial charge >= 0.3 is 0 Å². The lowest BCUT2D eigenvalue weighted by Gasteiger charge is -2.19. The average Bonchev–Trinajstić information content (AvgIpc) is 3.60. The predicted octanol–water partition coefficient (Wildman–Crippen LogP) is 15.3. The topological polar surface area (TPSA) is 0 Å². The van der Waals surface area contributed by atoms with Gasteiger partial charge in [0.25, 0.3) is 0 Å². The predicted molar refractivity (Wildman–Crippen MR) is 231 cm³/mol. The van der Waals surface area contributed by atoms with Crippen LogP contribution in [0, 0.1) is 0 Å². The van der Waals surface area contributed by atoms with Crippen molar-refractivity contribution in [3.05, 3.63) is 194 Å². The van der Waals surface area contributed by atoms with E-state index in [-0.39, 0.29) is 0 Å². The molecule has 0 aliphatic carbocycles. The summed E-state index contributed by atoms with van der Waals surface area (Å²) in [6, 6.07) is 71.9. The fraction of sp³-hybridized carbons (Fsp3) is 0. The van der Waals surface area contributed by atoms with E-state index < -0.39 is 0 Å². The van der Waals surface area contributed by atoms with Crippen LogP contribution >= 0.6 is 11.3 Å². The molecule has 1 heteroatoms. The molecule has 11 rings (SSSR count). The van der Waals surface area contributed by atoms with Gasteiger partial charge in [0.2, 0.25) is 0 Å². The van der Waals surface area contributed by atoms with E-state index in [0.717, 1.165) is 0 Å². The van der Waals surface area contributed by atoms with Crippen LogP contribution in [0.4, 0.5) is 0 Å². The lowest BCUT2D eigenvalue weighted by atomic mass is 9.84. The first kappa shape index (κ1) is 30.1. The molecule has 10 aromatic carbocycles. The smallest absolute Gasteiger partial charge is 0.0355 e. The first-order valence-electron chi connectivity index (χ1n) is 18.3. The summed E-state index contributed by atoms with van der Waals surface area (Å²) in [5.74, 6) is 0. The van der Waals surface area contributed by atoms with Crippen molar-refractivity contribution >= 4 is 74.6 Å². The second-order valence-electron chi connectivity index (χ2n) is 14.0. The molecule has 0 saturated heterocycles. The van der Waals surface area contributed by atoms with Gasteiger partial charge in [-0.25, -0.2) is 0 Å². The summed E-state index contributed by atoms with van der Waals surface area (Å²) in [5, 5.41) is 12.7. The highest BCUT2D eigenvalue weighted by Gasteiger charge is 2.19. The average molecular weight is 689 g/mol. The molecule has 0 radical (unpaired) electrons. The minimum absolute atomic E-state index is 1.21. The van der Waals surface area contributed by atoms with E-state index in [9.17, 15) is 0 Å². The Labute approximate surface area is 311 Å². The fourth-order valence-electron chi connectivity index (χ4n) is 8.64. The van der Waals surface area contributed by atoms with Crippen molar-refractivity contribution in [2.45, 2.75) is 0 Å². The third-order valence-electron chi connectivity index (χ3n) is 11.0. The van der Waals surface area contributed by atoms with E-state index in [1.807, 2.05) is 11.3 Å². The SMILES string of the molecule is c1cc(-c2ccc3ccccc3c2-c2ccc3sc4ccccc4c3c2)cc(-c2c3ccccc3c(-c3ccc4ccccc4c3)c3ccccc23)c1. The van der Waals surface area contributed by atoms with Crippen LogP contribution in [0.15, 0.2) is 194 Å². The first-order chi connectivity index (χ1) is 26.3. The quantitative estimate of drug-likeness (QED) is 0.162. The third kappa shape index (κ3) is 4.82. The van der Waals surface area contributed by atoms with E-state index in [4.69, 9.17) is 0 Å².